The normalized spacial score (nSPS) is 10.7. The fourth-order valence-electron chi connectivity index (χ4n) is 1.53. The molecule has 0 unspecified atom stereocenters. The molecular formula is C12H3Cl6NO. The zero-order valence-electron chi connectivity index (χ0n) is 9.36. The van der Waals surface area contributed by atoms with Crippen LogP contribution in [0, 0.1) is 0 Å². The third-order valence-electron chi connectivity index (χ3n) is 2.48. The summed E-state index contributed by atoms with van der Waals surface area (Å²) in [6, 6.07) is 1.49. The van der Waals surface area contributed by atoms with E-state index < -0.39 is 0 Å². The van der Waals surface area contributed by atoms with E-state index in [1.807, 2.05) is 0 Å². The van der Waals surface area contributed by atoms with Crippen LogP contribution in [0.15, 0.2) is 12.3 Å². The number of carbonyl (C=O) groups is 1. The monoisotopic (exact) mass is 387 g/mol. The number of hydrogen-bond acceptors (Lipinski definition) is 2. The Bertz CT molecular complexity index is 687. The molecule has 8 heteroatoms. The molecule has 0 aliphatic heterocycles. The average Bonchev–Trinajstić information content (AvgIpc) is 2.43. The summed E-state index contributed by atoms with van der Waals surface area (Å²) in [6.07, 6.45) is 1.93. The van der Waals surface area contributed by atoms with Gasteiger partial charge in [-0.25, -0.2) is 0 Å². The molecular weight excluding hydrogens is 387 g/mol. The minimum absolute atomic E-state index is 0.0654. The van der Waals surface area contributed by atoms with Gasteiger partial charge in [0, 0.05) is 17.3 Å². The maximum absolute atomic E-state index is 10.7. The first-order chi connectivity index (χ1) is 9.38. The number of pyridine rings is 1. The highest BCUT2D eigenvalue weighted by Crippen LogP contribution is 2.48. The van der Waals surface area contributed by atoms with Gasteiger partial charge >= 0.3 is 0 Å². The van der Waals surface area contributed by atoms with Crippen LogP contribution >= 0.6 is 69.6 Å². The van der Waals surface area contributed by atoms with Crippen molar-refractivity contribution in [2.45, 2.75) is 0 Å². The van der Waals surface area contributed by atoms with Gasteiger partial charge < -0.3 is 0 Å². The second-order valence-corrected chi connectivity index (χ2v) is 5.95. The van der Waals surface area contributed by atoms with E-state index in [2.05, 4.69) is 4.98 Å². The van der Waals surface area contributed by atoms with Gasteiger partial charge in [0.2, 0.25) is 0 Å². The summed E-state index contributed by atoms with van der Waals surface area (Å²) in [6.45, 7) is 0. The Labute approximate surface area is 144 Å². The number of carbonyl (C=O) groups excluding carboxylic acids is 1. The summed E-state index contributed by atoms with van der Waals surface area (Å²) in [4.78, 5) is 14.6. The molecule has 0 aliphatic rings. The lowest BCUT2D eigenvalue weighted by molar-refractivity contribution is 0.111. The van der Waals surface area contributed by atoms with Crippen LogP contribution in [0.2, 0.25) is 30.1 Å². The van der Waals surface area contributed by atoms with Gasteiger partial charge in [0.05, 0.1) is 30.1 Å². The minimum Gasteiger partial charge on any atom is -0.296 e. The van der Waals surface area contributed by atoms with Crippen molar-refractivity contribution in [3.8, 4) is 11.1 Å². The predicted molar refractivity (Wildman–Crippen MR) is 85.1 cm³/mol. The van der Waals surface area contributed by atoms with E-state index >= 15 is 0 Å². The van der Waals surface area contributed by atoms with Crippen LogP contribution in [0.4, 0.5) is 0 Å². The van der Waals surface area contributed by atoms with Crippen molar-refractivity contribution in [3.63, 3.8) is 0 Å². The zero-order chi connectivity index (χ0) is 15.0. The SMILES string of the molecule is O=Cc1ncc(-c2c(Cl)c(Cl)c(Cl)c(Cl)c2Cl)cc1Cl. The van der Waals surface area contributed by atoms with E-state index in [1.165, 1.54) is 12.3 Å². The highest BCUT2D eigenvalue weighted by molar-refractivity contribution is 6.56. The molecule has 0 N–H and O–H groups in total. The van der Waals surface area contributed by atoms with E-state index in [0.29, 0.717) is 17.4 Å². The third kappa shape index (κ3) is 2.74. The molecule has 0 bridgehead atoms. The maximum Gasteiger partial charge on any atom is 0.169 e. The van der Waals surface area contributed by atoms with Crippen LogP contribution in [0.1, 0.15) is 10.5 Å². The predicted octanol–water partition coefficient (Wildman–Crippen LogP) is 6.48. The molecule has 2 nitrogen and oxygen atoms in total. The maximum atomic E-state index is 10.7. The molecule has 0 saturated carbocycles. The van der Waals surface area contributed by atoms with Crippen molar-refractivity contribution < 1.29 is 4.79 Å². The van der Waals surface area contributed by atoms with E-state index in [0.717, 1.165) is 0 Å². The van der Waals surface area contributed by atoms with Gasteiger partial charge in [0.15, 0.2) is 6.29 Å². The van der Waals surface area contributed by atoms with Crippen molar-refractivity contribution in [2.24, 2.45) is 0 Å². The summed E-state index contributed by atoms with van der Waals surface area (Å²) in [5.74, 6) is 0. The number of aldehydes is 1. The number of halogens is 6. The standard InChI is InChI=1S/C12H3Cl6NO/c13-5-1-4(2-19-6(5)3-20)7-8(14)10(16)12(18)11(17)9(7)15/h1-3H. The summed E-state index contributed by atoms with van der Waals surface area (Å²) in [5.41, 5.74) is 0.921. The van der Waals surface area contributed by atoms with Crippen molar-refractivity contribution in [1.82, 2.24) is 4.98 Å². The quantitative estimate of drug-likeness (QED) is 0.334. The van der Waals surface area contributed by atoms with Gasteiger partial charge in [0.1, 0.15) is 5.69 Å². The molecule has 1 aromatic heterocycles. The Kier molecular flexibility index (Phi) is 5.06. The first kappa shape index (κ1) is 16.2. The summed E-state index contributed by atoms with van der Waals surface area (Å²) >= 11 is 36.1. The van der Waals surface area contributed by atoms with E-state index in [9.17, 15) is 4.79 Å². The van der Waals surface area contributed by atoms with E-state index in [-0.39, 0.29) is 35.8 Å². The summed E-state index contributed by atoms with van der Waals surface area (Å²) in [5, 5.41) is 0.634. The van der Waals surface area contributed by atoms with Crippen molar-refractivity contribution in [3.05, 3.63) is 48.1 Å². The molecule has 104 valence electrons. The molecule has 0 atom stereocenters. The van der Waals surface area contributed by atoms with Crippen LogP contribution in [0.5, 0.6) is 0 Å². The second-order valence-electron chi connectivity index (χ2n) is 3.65. The fourth-order valence-corrected chi connectivity index (χ4v) is 3.10. The van der Waals surface area contributed by atoms with Crippen molar-refractivity contribution in [2.75, 3.05) is 0 Å². The molecule has 2 aromatic rings. The second kappa shape index (κ2) is 6.27. The van der Waals surface area contributed by atoms with Crippen LogP contribution in [0.25, 0.3) is 11.1 Å². The molecule has 0 amide bonds. The zero-order valence-corrected chi connectivity index (χ0v) is 13.9. The summed E-state index contributed by atoms with van der Waals surface area (Å²) in [7, 11) is 0. The number of nitrogens with zero attached hydrogens (tertiary/aromatic N) is 1. The highest BCUT2D eigenvalue weighted by atomic mass is 35.5. The van der Waals surface area contributed by atoms with Gasteiger partial charge in [-0.1, -0.05) is 69.6 Å². The lowest BCUT2D eigenvalue weighted by Crippen LogP contribution is -1.92. The molecule has 1 heterocycles. The molecule has 0 aliphatic carbocycles. The van der Waals surface area contributed by atoms with Crippen LogP contribution < -0.4 is 0 Å². The molecule has 2 rings (SSSR count). The Morgan fingerprint density at radius 3 is 1.80 bits per heavy atom. The molecule has 0 radical (unpaired) electrons. The number of benzene rings is 1. The van der Waals surface area contributed by atoms with Gasteiger partial charge in [0.25, 0.3) is 0 Å². The Balaban J connectivity index is 2.76. The number of hydrogen-bond donors (Lipinski definition) is 0. The van der Waals surface area contributed by atoms with Crippen LogP contribution in [0.3, 0.4) is 0 Å². The lowest BCUT2D eigenvalue weighted by atomic mass is 10.1. The van der Waals surface area contributed by atoms with Gasteiger partial charge in [-0.2, -0.15) is 0 Å². The first-order valence-corrected chi connectivity index (χ1v) is 7.27. The topological polar surface area (TPSA) is 30.0 Å². The Morgan fingerprint density at radius 2 is 1.35 bits per heavy atom. The molecule has 1 aromatic carbocycles. The lowest BCUT2D eigenvalue weighted by Gasteiger charge is -2.12. The first-order valence-electron chi connectivity index (χ1n) is 5.01. The number of aromatic nitrogens is 1. The van der Waals surface area contributed by atoms with Crippen molar-refractivity contribution in [1.29, 1.82) is 0 Å². The summed E-state index contributed by atoms with van der Waals surface area (Å²) < 4.78 is 0. The molecule has 0 spiro atoms. The third-order valence-corrected chi connectivity index (χ3v) is 5.06. The Hall–Kier alpha value is -0.220. The van der Waals surface area contributed by atoms with Crippen LogP contribution in [-0.4, -0.2) is 11.3 Å². The van der Waals surface area contributed by atoms with Crippen molar-refractivity contribution >= 4 is 75.9 Å². The highest BCUT2D eigenvalue weighted by Gasteiger charge is 2.21. The van der Waals surface area contributed by atoms with E-state index in [1.54, 1.807) is 0 Å². The molecule has 0 fully saturated rings. The number of rotatable bonds is 2. The molecule has 20 heavy (non-hydrogen) atoms. The fraction of sp³-hybridized carbons (Fsp3) is 0. The largest absolute Gasteiger partial charge is 0.296 e. The average molecular weight is 390 g/mol. The Morgan fingerprint density at radius 1 is 0.850 bits per heavy atom. The van der Waals surface area contributed by atoms with Gasteiger partial charge in [-0.3, -0.25) is 9.78 Å². The van der Waals surface area contributed by atoms with Gasteiger partial charge in [-0.05, 0) is 6.07 Å². The van der Waals surface area contributed by atoms with Gasteiger partial charge in [-0.15, -0.1) is 0 Å². The molecule has 0 saturated heterocycles. The smallest absolute Gasteiger partial charge is 0.169 e. The van der Waals surface area contributed by atoms with Crippen LogP contribution in [-0.2, 0) is 0 Å². The van der Waals surface area contributed by atoms with E-state index in [4.69, 9.17) is 69.6 Å². The minimum atomic E-state index is 0.0654.